The first-order valence-corrected chi connectivity index (χ1v) is 6.96. The van der Waals surface area contributed by atoms with Gasteiger partial charge in [0.25, 0.3) is 0 Å². The smallest absolute Gasteiger partial charge is 0.303 e. The zero-order valence-electron chi connectivity index (χ0n) is 12.6. The number of carbonyl (C=O) groups is 1. The van der Waals surface area contributed by atoms with Crippen LogP contribution in [0.2, 0.25) is 0 Å². The highest BCUT2D eigenvalue weighted by Crippen LogP contribution is 2.49. The van der Waals surface area contributed by atoms with Crippen LogP contribution in [-0.2, 0) is 16.6 Å². The molecule has 1 N–H and O–H groups in total. The number of carboxylic acid groups (broad SMARTS) is 1. The summed E-state index contributed by atoms with van der Waals surface area (Å²) >= 11 is 0. The van der Waals surface area contributed by atoms with E-state index in [1.54, 1.807) is 0 Å². The molecule has 2 nitrogen and oxygen atoms in total. The molecule has 0 radical (unpaired) electrons. The van der Waals surface area contributed by atoms with Gasteiger partial charge in [-0.15, -0.1) is 0 Å². The van der Waals surface area contributed by atoms with E-state index in [4.69, 9.17) is 5.11 Å². The van der Waals surface area contributed by atoms with Crippen molar-refractivity contribution < 1.29 is 9.90 Å². The number of aliphatic carboxylic acids is 1. The molecule has 0 aliphatic heterocycles. The molecule has 1 aliphatic rings. The lowest BCUT2D eigenvalue weighted by Gasteiger charge is -2.27. The first-order valence-electron chi connectivity index (χ1n) is 6.96. The van der Waals surface area contributed by atoms with E-state index in [1.807, 2.05) is 0 Å². The Morgan fingerprint density at radius 2 is 2.00 bits per heavy atom. The van der Waals surface area contributed by atoms with Gasteiger partial charge in [0.2, 0.25) is 0 Å². The van der Waals surface area contributed by atoms with Gasteiger partial charge in [-0.05, 0) is 33.9 Å². The van der Waals surface area contributed by atoms with Gasteiger partial charge in [0, 0.05) is 5.92 Å². The van der Waals surface area contributed by atoms with Gasteiger partial charge in [-0.25, -0.2) is 0 Å². The zero-order valence-corrected chi connectivity index (χ0v) is 12.6. The molecule has 104 valence electrons. The third-order valence-corrected chi connectivity index (χ3v) is 4.36. The van der Waals surface area contributed by atoms with Crippen molar-refractivity contribution in [1.29, 1.82) is 0 Å². The molecule has 19 heavy (non-hydrogen) atoms. The van der Waals surface area contributed by atoms with E-state index in [0.29, 0.717) is 0 Å². The van der Waals surface area contributed by atoms with Crippen molar-refractivity contribution in [3.8, 4) is 0 Å². The molecule has 0 aromatic heterocycles. The van der Waals surface area contributed by atoms with Gasteiger partial charge in [0.05, 0.1) is 6.42 Å². The highest BCUT2D eigenvalue weighted by atomic mass is 16.4. The fourth-order valence-corrected chi connectivity index (χ4v) is 3.14. The normalized spacial score (nSPS) is 21.2. The van der Waals surface area contributed by atoms with E-state index < -0.39 is 5.97 Å². The minimum Gasteiger partial charge on any atom is -0.481 e. The first-order chi connectivity index (χ1) is 8.61. The van der Waals surface area contributed by atoms with Crippen molar-refractivity contribution in [2.45, 2.75) is 58.8 Å². The van der Waals surface area contributed by atoms with E-state index in [-0.39, 0.29) is 23.2 Å². The number of fused-ring (bicyclic) bond motifs is 1. The SMILES string of the molecule is CC(C)(C)c1ccc2c(c1)C(CC(=O)O)C(C)(C)C2. The molecule has 2 rings (SSSR count). The van der Waals surface area contributed by atoms with Crippen molar-refractivity contribution in [3.63, 3.8) is 0 Å². The Morgan fingerprint density at radius 3 is 2.53 bits per heavy atom. The highest BCUT2D eigenvalue weighted by molar-refractivity contribution is 5.69. The molecule has 0 amide bonds. The van der Waals surface area contributed by atoms with Gasteiger partial charge < -0.3 is 5.11 Å². The molecular weight excluding hydrogens is 236 g/mol. The number of benzene rings is 1. The Balaban J connectivity index is 2.47. The van der Waals surface area contributed by atoms with Crippen LogP contribution in [0.5, 0.6) is 0 Å². The lowest BCUT2D eigenvalue weighted by atomic mass is 9.77. The summed E-state index contributed by atoms with van der Waals surface area (Å²) in [5.41, 5.74) is 4.01. The molecule has 1 aromatic rings. The van der Waals surface area contributed by atoms with E-state index >= 15 is 0 Å². The molecule has 0 saturated heterocycles. The molecular formula is C17H24O2. The largest absolute Gasteiger partial charge is 0.481 e. The fraction of sp³-hybridized carbons (Fsp3) is 0.588. The van der Waals surface area contributed by atoms with Crippen LogP contribution in [0.25, 0.3) is 0 Å². The minimum atomic E-state index is -0.702. The molecule has 1 aromatic carbocycles. The summed E-state index contributed by atoms with van der Waals surface area (Å²) in [6, 6.07) is 6.62. The van der Waals surface area contributed by atoms with Crippen molar-refractivity contribution in [1.82, 2.24) is 0 Å². The standard InChI is InChI=1S/C17H24O2/c1-16(2,3)12-7-6-11-10-17(4,5)14(9-15(18)19)13(11)8-12/h6-8,14H,9-10H2,1-5H3,(H,18,19). The Labute approximate surface area is 115 Å². The second-order valence-electron chi connectivity index (χ2n) is 7.48. The van der Waals surface area contributed by atoms with Gasteiger partial charge in [0.1, 0.15) is 0 Å². The Bertz CT molecular complexity index is 506. The average Bonchev–Trinajstić information content (AvgIpc) is 2.47. The van der Waals surface area contributed by atoms with Gasteiger partial charge in [-0.1, -0.05) is 52.8 Å². The fourth-order valence-electron chi connectivity index (χ4n) is 3.14. The third-order valence-electron chi connectivity index (χ3n) is 4.36. The molecule has 1 unspecified atom stereocenters. The summed E-state index contributed by atoms with van der Waals surface area (Å²) in [5, 5.41) is 9.16. The number of hydrogen-bond donors (Lipinski definition) is 1. The van der Waals surface area contributed by atoms with Crippen molar-refractivity contribution in [2.24, 2.45) is 5.41 Å². The molecule has 0 saturated carbocycles. The maximum absolute atomic E-state index is 11.1. The van der Waals surface area contributed by atoms with Crippen LogP contribution in [-0.4, -0.2) is 11.1 Å². The second-order valence-corrected chi connectivity index (χ2v) is 7.48. The predicted molar refractivity (Wildman–Crippen MR) is 77.6 cm³/mol. The molecule has 1 atom stereocenters. The van der Waals surface area contributed by atoms with Crippen LogP contribution in [0.4, 0.5) is 0 Å². The molecule has 2 heteroatoms. The van der Waals surface area contributed by atoms with Crippen LogP contribution < -0.4 is 0 Å². The maximum atomic E-state index is 11.1. The Hall–Kier alpha value is -1.31. The van der Waals surface area contributed by atoms with Crippen LogP contribution >= 0.6 is 0 Å². The number of rotatable bonds is 2. The first kappa shape index (κ1) is 14.1. The summed E-state index contributed by atoms with van der Waals surface area (Å²) in [6.45, 7) is 10.9. The third kappa shape index (κ3) is 2.68. The Morgan fingerprint density at radius 1 is 1.37 bits per heavy atom. The monoisotopic (exact) mass is 260 g/mol. The second kappa shape index (κ2) is 4.36. The van der Waals surface area contributed by atoms with Crippen LogP contribution in [0.3, 0.4) is 0 Å². The van der Waals surface area contributed by atoms with Crippen LogP contribution in [0.15, 0.2) is 18.2 Å². The van der Waals surface area contributed by atoms with Gasteiger partial charge in [-0.2, -0.15) is 0 Å². The van der Waals surface area contributed by atoms with E-state index in [0.717, 1.165) is 6.42 Å². The molecule has 0 fully saturated rings. The maximum Gasteiger partial charge on any atom is 0.303 e. The molecule has 0 heterocycles. The van der Waals surface area contributed by atoms with E-state index in [2.05, 4.69) is 52.8 Å². The summed E-state index contributed by atoms with van der Waals surface area (Å²) in [5.74, 6) is -0.575. The molecule has 1 aliphatic carbocycles. The van der Waals surface area contributed by atoms with Crippen molar-refractivity contribution >= 4 is 5.97 Å². The summed E-state index contributed by atoms with van der Waals surface area (Å²) in [7, 11) is 0. The molecule has 0 spiro atoms. The summed E-state index contributed by atoms with van der Waals surface area (Å²) in [6.07, 6.45) is 1.21. The van der Waals surface area contributed by atoms with E-state index in [9.17, 15) is 4.79 Å². The number of hydrogen-bond acceptors (Lipinski definition) is 1. The minimum absolute atomic E-state index is 0.0389. The Kier molecular flexibility index (Phi) is 3.24. The predicted octanol–water partition coefficient (Wildman–Crippen LogP) is 4.12. The number of carboxylic acids is 1. The summed E-state index contributed by atoms with van der Waals surface area (Å²) < 4.78 is 0. The van der Waals surface area contributed by atoms with E-state index in [1.165, 1.54) is 16.7 Å². The van der Waals surface area contributed by atoms with Gasteiger partial charge in [-0.3, -0.25) is 4.79 Å². The van der Waals surface area contributed by atoms with Gasteiger partial charge in [0.15, 0.2) is 0 Å². The van der Waals surface area contributed by atoms with Crippen LogP contribution in [0.1, 0.15) is 63.6 Å². The lowest BCUT2D eigenvalue weighted by molar-refractivity contribution is -0.138. The highest BCUT2D eigenvalue weighted by Gasteiger charge is 2.40. The van der Waals surface area contributed by atoms with Gasteiger partial charge >= 0.3 is 5.97 Å². The van der Waals surface area contributed by atoms with Crippen molar-refractivity contribution in [2.75, 3.05) is 0 Å². The summed E-state index contributed by atoms with van der Waals surface area (Å²) in [4.78, 5) is 11.1. The topological polar surface area (TPSA) is 37.3 Å². The van der Waals surface area contributed by atoms with Crippen molar-refractivity contribution in [3.05, 3.63) is 34.9 Å². The lowest BCUT2D eigenvalue weighted by Crippen LogP contribution is -2.20. The molecule has 0 bridgehead atoms. The quantitative estimate of drug-likeness (QED) is 0.868. The van der Waals surface area contributed by atoms with Crippen LogP contribution in [0, 0.1) is 5.41 Å². The average molecular weight is 260 g/mol. The zero-order chi connectivity index (χ0) is 14.4.